The van der Waals surface area contributed by atoms with Crippen molar-refractivity contribution >= 4 is 0 Å². The lowest BCUT2D eigenvalue weighted by molar-refractivity contribution is 0.0977. The molecular formula is C47H69N. The second-order valence-electron chi connectivity index (χ2n) is 17.3. The van der Waals surface area contributed by atoms with Crippen molar-refractivity contribution in [3.05, 3.63) is 82.7 Å². The van der Waals surface area contributed by atoms with Gasteiger partial charge in [-0.15, -0.1) is 0 Å². The number of unbranched alkanes of at least 4 members (excludes halogenated alkanes) is 2. The van der Waals surface area contributed by atoms with Crippen LogP contribution in [0.15, 0.2) is 82.7 Å². The van der Waals surface area contributed by atoms with Crippen LogP contribution < -0.4 is 5.32 Å². The first-order chi connectivity index (χ1) is 23.7. The van der Waals surface area contributed by atoms with Gasteiger partial charge in [0.15, 0.2) is 0 Å². The molecule has 9 unspecified atom stereocenters. The first-order valence-corrected chi connectivity index (χ1v) is 21.3. The Labute approximate surface area is 295 Å². The molecule has 262 valence electrons. The SMILES string of the molecule is CCCCCC1=CC(C(CNC2=C3C=CCCC3CC=C2)C2CCCCC2C(C)C2=CCC(C3=CCCC4CCCCC34)C=C2)CCC1. The minimum Gasteiger partial charge on any atom is -0.385 e. The van der Waals surface area contributed by atoms with E-state index in [1.54, 1.807) is 16.7 Å². The zero-order valence-electron chi connectivity index (χ0n) is 30.9. The van der Waals surface area contributed by atoms with Crippen LogP contribution in [0.3, 0.4) is 0 Å². The normalized spacial score (nSPS) is 34.8. The molecule has 7 aliphatic rings. The fraction of sp³-hybridized carbons (Fsp3) is 0.702. The summed E-state index contributed by atoms with van der Waals surface area (Å²) in [7, 11) is 0. The van der Waals surface area contributed by atoms with Crippen molar-refractivity contribution in [2.45, 2.75) is 149 Å². The van der Waals surface area contributed by atoms with Crippen LogP contribution in [0.5, 0.6) is 0 Å². The molecule has 0 aromatic rings. The Morgan fingerprint density at radius 2 is 1.67 bits per heavy atom. The zero-order chi connectivity index (χ0) is 32.7. The summed E-state index contributed by atoms with van der Waals surface area (Å²) >= 11 is 0. The summed E-state index contributed by atoms with van der Waals surface area (Å²) < 4.78 is 0. The summed E-state index contributed by atoms with van der Waals surface area (Å²) in [5.74, 6) is 6.99. The number of allylic oxidation sites excluding steroid dienone is 13. The summed E-state index contributed by atoms with van der Waals surface area (Å²) in [6, 6.07) is 0. The summed E-state index contributed by atoms with van der Waals surface area (Å²) in [4.78, 5) is 0. The van der Waals surface area contributed by atoms with Gasteiger partial charge in [0.1, 0.15) is 0 Å². The van der Waals surface area contributed by atoms with Crippen molar-refractivity contribution in [1.29, 1.82) is 0 Å². The van der Waals surface area contributed by atoms with Gasteiger partial charge in [-0.1, -0.05) is 112 Å². The molecule has 1 heteroatoms. The minimum atomic E-state index is 0.664. The van der Waals surface area contributed by atoms with E-state index in [1.807, 2.05) is 5.57 Å². The molecule has 1 nitrogen and oxygen atoms in total. The molecule has 1 N–H and O–H groups in total. The van der Waals surface area contributed by atoms with Gasteiger partial charge in [0.2, 0.25) is 0 Å². The number of fused-ring (bicyclic) bond motifs is 2. The highest BCUT2D eigenvalue weighted by Gasteiger charge is 2.40. The molecule has 2 fully saturated rings. The number of hydrogen-bond acceptors (Lipinski definition) is 1. The van der Waals surface area contributed by atoms with E-state index >= 15 is 0 Å². The molecule has 48 heavy (non-hydrogen) atoms. The Hall–Kier alpha value is -2.02. The maximum atomic E-state index is 4.16. The molecule has 0 amide bonds. The molecule has 7 aliphatic carbocycles. The highest BCUT2D eigenvalue weighted by Crippen LogP contribution is 2.49. The summed E-state index contributed by atoms with van der Waals surface area (Å²) in [6.45, 7) is 6.12. The van der Waals surface area contributed by atoms with Crippen molar-refractivity contribution < 1.29 is 0 Å². The van der Waals surface area contributed by atoms with E-state index in [9.17, 15) is 0 Å². The van der Waals surface area contributed by atoms with E-state index in [2.05, 4.69) is 73.8 Å². The molecule has 0 spiro atoms. The molecule has 0 bridgehead atoms. The fourth-order valence-corrected chi connectivity index (χ4v) is 11.8. The van der Waals surface area contributed by atoms with E-state index in [0.717, 1.165) is 48.0 Å². The first-order valence-electron chi connectivity index (χ1n) is 21.3. The molecule has 0 aliphatic heterocycles. The number of rotatable bonds is 12. The van der Waals surface area contributed by atoms with Crippen LogP contribution in [0.25, 0.3) is 0 Å². The molecule has 0 heterocycles. The van der Waals surface area contributed by atoms with Crippen LogP contribution in [0.4, 0.5) is 0 Å². The van der Waals surface area contributed by atoms with Gasteiger partial charge in [-0.05, 0) is 161 Å². The van der Waals surface area contributed by atoms with Crippen LogP contribution in [0.2, 0.25) is 0 Å². The minimum absolute atomic E-state index is 0.664. The van der Waals surface area contributed by atoms with Gasteiger partial charge in [0, 0.05) is 18.2 Å². The molecule has 0 saturated heterocycles. The standard InChI is InChI=1S/C47H69N/c1-3-4-5-15-35-16-12-21-40(32-35)46(33-48-47-27-14-20-38-18-7-9-24-44(38)47)45-25-11-10-22-41(45)34(2)36-28-30-39(31-29-36)43-26-13-19-37-17-6-8-23-42(37)43/h9,14,24,26-30,32,34,37-42,45-46,48H,3-8,10-13,15-23,25,31,33H2,1-2H3. The fourth-order valence-electron chi connectivity index (χ4n) is 11.8. The van der Waals surface area contributed by atoms with Gasteiger partial charge in [0.25, 0.3) is 0 Å². The van der Waals surface area contributed by atoms with E-state index in [4.69, 9.17) is 0 Å². The Bertz CT molecular complexity index is 1300. The van der Waals surface area contributed by atoms with Gasteiger partial charge in [-0.3, -0.25) is 0 Å². The molecule has 0 radical (unpaired) electrons. The topological polar surface area (TPSA) is 12.0 Å². The molecule has 7 rings (SSSR count). The van der Waals surface area contributed by atoms with Crippen molar-refractivity contribution in [2.24, 2.45) is 53.3 Å². The van der Waals surface area contributed by atoms with E-state index < -0.39 is 0 Å². The quantitative estimate of drug-likeness (QED) is 0.164. The monoisotopic (exact) mass is 648 g/mol. The average Bonchev–Trinajstić information content (AvgIpc) is 3.15. The van der Waals surface area contributed by atoms with Crippen molar-refractivity contribution in [3.63, 3.8) is 0 Å². The van der Waals surface area contributed by atoms with Gasteiger partial charge in [-0.2, -0.15) is 0 Å². The third kappa shape index (κ3) is 7.97. The smallest absolute Gasteiger partial charge is 0.0372 e. The van der Waals surface area contributed by atoms with Gasteiger partial charge >= 0.3 is 0 Å². The lowest BCUT2D eigenvalue weighted by Crippen LogP contribution is -2.41. The highest BCUT2D eigenvalue weighted by atomic mass is 14.9. The lowest BCUT2D eigenvalue weighted by Gasteiger charge is -2.45. The van der Waals surface area contributed by atoms with Crippen molar-refractivity contribution in [3.8, 4) is 0 Å². The van der Waals surface area contributed by atoms with Crippen LogP contribution in [0, 0.1) is 53.3 Å². The average molecular weight is 648 g/mol. The summed E-state index contributed by atoms with van der Waals surface area (Å²) in [5.41, 5.74) is 8.32. The third-order valence-electron chi connectivity index (χ3n) is 14.5. The molecule has 0 aromatic heterocycles. The molecule has 2 saturated carbocycles. The number of nitrogens with one attached hydrogen (secondary N) is 1. The third-order valence-corrected chi connectivity index (χ3v) is 14.5. The highest BCUT2D eigenvalue weighted by molar-refractivity contribution is 5.39. The summed E-state index contributed by atoms with van der Waals surface area (Å²) in [6.07, 6.45) is 52.2. The zero-order valence-corrected chi connectivity index (χ0v) is 30.9. The second-order valence-corrected chi connectivity index (χ2v) is 17.3. The Morgan fingerprint density at radius 1 is 0.792 bits per heavy atom. The largest absolute Gasteiger partial charge is 0.385 e. The maximum absolute atomic E-state index is 4.16. The van der Waals surface area contributed by atoms with Gasteiger partial charge in [0.05, 0.1) is 0 Å². The Kier molecular flexibility index (Phi) is 12.0. The Balaban J connectivity index is 1.09. The van der Waals surface area contributed by atoms with E-state index in [-0.39, 0.29) is 0 Å². The van der Waals surface area contributed by atoms with Crippen molar-refractivity contribution in [2.75, 3.05) is 6.54 Å². The predicted molar refractivity (Wildman–Crippen MR) is 206 cm³/mol. The predicted octanol–water partition coefficient (Wildman–Crippen LogP) is 13.2. The lowest BCUT2D eigenvalue weighted by atomic mass is 9.61. The van der Waals surface area contributed by atoms with E-state index in [0.29, 0.717) is 11.8 Å². The van der Waals surface area contributed by atoms with Crippen LogP contribution in [-0.4, -0.2) is 6.54 Å². The maximum Gasteiger partial charge on any atom is 0.0372 e. The van der Waals surface area contributed by atoms with Crippen LogP contribution in [0.1, 0.15) is 149 Å². The van der Waals surface area contributed by atoms with Gasteiger partial charge in [-0.25, -0.2) is 0 Å². The Morgan fingerprint density at radius 3 is 2.54 bits per heavy atom. The van der Waals surface area contributed by atoms with Crippen LogP contribution >= 0.6 is 0 Å². The summed E-state index contributed by atoms with van der Waals surface area (Å²) in [5, 5.41) is 4.16. The second kappa shape index (κ2) is 16.8. The molecule has 0 aromatic carbocycles. The van der Waals surface area contributed by atoms with Crippen LogP contribution in [-0.2, 0) is 0 Å². The van der Waals surface area contributed by atoms with E-state index in [1.165, 1.54) is 141 Å². The van der Waals surface area contributed by atoms with Gasteiger partial charge < -0.3 is 5.32 Å². The van der Waals surface area contributed by atoms with Crippen molar-refractivity contribution in [1.82, 2.24) is 5.32 Å². The number of hydrogen-bond donors (Lipinski definition) is 1. The first kappa shape index (κ1) is 34.4. The molecule has 9 atom stereocenters. The molecular weight excluding hydrogens is 579 g/mol.